The van der Waals surface area contributed by atoms with Crippen LogP contribution < -0.4 is 0 Å². The molecule has 0 amide bonds. The number of rotatable bonds is 4. The van der Waals surface area contributed by atoms with Crippen LogP contribution in [0.5, 0.6) is 0 Å². The van der Waals surface area contributed by atoms with Crippen LogP contribution in [0.3, 0.4) is 0 Å². The van der Waals surface area contributed by atoms with Crippen molar-refractivity contribution in [2.24, 2.45) is 5.41 Å². The highest BCUT2D eigenvalue weighted by Gasteiger charge is 2.47. The lowest BCUT2D eigenvalue weighted by Gasteiger charge is -2.28. The molecule has 0 spiro atoms. The molecule has 0 bridgehead atoms. The lowest BCUT2D eigenvalue weighted by Crippen LogP contribution is -2.34. The van der Waals surface area contributed by atoms with Crippen LogP contribution in [0.2, 0.25) is 0 Å². The topological polar surface area (TPSA) is 25.8 Å². The van der Waals surface area contributed by atoms with Gasteiger partial charge in [-0.1, -0.05) is 78.8 Å². The Morgan fingerprint density at radius 2 is 1.56 bits per heavy atom. The van der Waals surface area contributed by atoms with Gasteiger partial charge in [0.2, 0.25) is 0 Å². The molecule has 2 aromatic heterocycles. The maximum Gasteiger partial charge on any atom is 0.394 e. The zero-order chi connectivity index (χ0) is 28.4. The number of nitrogens with zero attached hydrogens (tertiary/aromatic N) is 2. The molecule has 2 nitrogen and oxygen atoms in total. The molecule has 0 aliphatic heterocycles. The second-order valence-electron chi connectivity index (χ2n) is 12.9. The fourth-order valence-electron chi connectivity index (χ4n) is 5.70. The number of alkyl halides is 3. The molecule has 0 radical (unpaired) electrons. The van der Waals surface area contributed by atoms with E-state index in [2.05, 4.69) is 82.1 Å². The molecule has 0 unspecified atom stereocenters. The van der Waals surface area contributed by atoms with E-state index in [4.69, 9.17) is 4.98 Å². The predicted molar refractivity (Wildman–Crippen MR) is 155 cm³/mol. The Balaban J connectivity index is 1.55. The van der Waals surface area contributed by atoms with E-state index in [-0.39, 0.29) is 11.8 Å². The zero-order valence-corrected chi connectivity index (χ0v) is 23.7. The van der Waals surface area contributed by atoms with Gasteiger partial charge in [0.05, 0.1) is 16.8 Å². The number of benzene rings is 2. The molecular formula is C34H35F3N2. The first kappa shape index (κ1) is 27.1. The highest BCUT2D eigenvalue weighted by Crippen LogP contribution is 2.50. The number of hydrogen-bond donors (Lipinski definition) is 0. The minimum atomic E-state index is -4.28. The van der Waals surface area contributed by atoms with Gasteiger partial charge in [-0.25, -0.2) is 0 Å². The second kappa shape index (κ2) is 9.04. The van der Waals surface area contributed by atoms with Crippen LogP contribution in [0.25, 0.3) is 33.7 Å². The largest absolute Gasteiger partial charge is 0.394 e. The molecule has 1 aliphatic rings. The van der Waals surface area contributed by atoms with Gasteiger partial charge in [0.1, 0.15) is 0 Å². The Bertz CT molecular complexity index is 1580. The van der Waals surface area contributed by atoms with Crippen molar-refractivity contribution in [1.82, 2.24) is 9.97 Å². The molecule has 39 heavy (non-hydrogen) atoms. The van der Waals surface area contributed by atoms with Gasteiger partial charge in [0.25, 0.3) is 0 Å². The third-order valence-corrected chi connectivity index (χ3v) is 8.04. The first-order valence-corrected chi connectivity index (χ1v) is 13.4. The van der Waals surface area contributed by atoms with E-state index in [1.165, 1.54) is 30.2 Å². The van der Waals surface area contributed by atoms with Crippen LogP contribution >= 0.6 is 0 Å². The van der Waals surface area contributed by atoms with Gasteiger partial charge in [-0.05, 0) is 80.8 Å². The summed E-state index contributed by atoms with van der Waals surface area (Å²) in [4.78, 5) is 9.53. The molecule has 0 saturated heterocycles. The van der Waals surface area contributed by atoms with Crippen molar-refractivity contribution in [3.63, 3.8) is 0 Å². The first-order chi connectivity index (χ1) is 18.1. The number of hydrogen-bond acceptors (Lipinski definition) is 2. The number of halogens is 3. The Labute approximate surface area is 229 Å². The Morgan fingerprint density at radius 3 is 2.21 bits per heavy atom. The molecule has 1 aliphatic carbocycles. The van der Waals surface area contributed by atoms with Gasteiger partial charge in [-0.3, -0.25) is 9.97 Å². The predicted octanol–water partition coefficient (Wildman–Crippen LogP) is 9.56. The number of pyridine rings is 2. The van der Waals surface area contributed by atoms with Crippen molar-refractivity contribution >= 4 is 22.4 Å². The average Bonchev–Trinajstić information content (AvgIpc) is 3.13. The fraction of sp³-hybridized carbons (Fsp3) is 0.353. The van der Waals surface area contributed by atoms with Crippen LogP contribution in [-0.4, -0.2) is 16.1 Å². The summed E-state index contributed by atoms with van der Waals surface area (Å²) in [6, 6.07) is 18.6. The molecule has 4 aromatic rings. The summed E-state index contributed by atoms with van der Waals surface area (Å²) in [5.74, 6) is 0. The number of fused-ring (bicyclic) bond motifs is 2. The summed E-state index contributed by atoms with van der Waals surface area (Å²) in [6.07, 6.45) is 1.20. The molecule has 0 saturated carbocycles. The van der Waals surface area contributed by atoms with Crippen molar-refractivity contribution in [3.05, 3.63) is 94.9 Å². The highest BCUT2D eigenvalue weighted by molar-refractivity contribution is 5.97. The summed E-state index contributed by atoms with van der Waals surface area (Å²) in [5, 5.41) is 2.43. The monoisotopic (exact) mass is 528 g/mol. The normalized spacial score (nSPS) is 15.4. The molecule has 2 heterocycles. The fourth-order valence-corrected chi connectivity index (χ4v) is 5.70. The SMILES string of the molecule is CC(C)(C)c1cc(-c2nccc3c2C(C)(C)C(c2ccc(CC(C)(C)C(F)(F)F)cn2)=C3)cc2ccccc12. The molecular weight excluding hydrogens is 493 g/mol. The Morgan fingerprint density at radius 1 is 0.846 bits per heavy atom. The van der Waals surface area contributed by atoms with Crippen LogP contribution in [0.15, 0.2) is 67.0 Å². The summed E-state index contributed by atoms with van der Waals surface area (Å²) in [6.45, 7) is 13.5. The van der Waals surface area contributed by atoms with E-state index < -0.39 is 17.0 Å². The number of allylic oxidation sites excluding steroid dienone is 1. The Hall–Kier alpha value is -3.47. The van der Waals surface area contributed by atoms with E-state index in [1.807, 2.05) is 18.3 Å². The maximum atomic E-state index is 13.4. The summed E-state index contributed by atoms with van der Waals surface area (Å²) in [7, 11) is 0. The zero-order valence-electron chi connectivity index (χ0n) is 23.7. The minimum absolute atomic E-state index is 0.0428. The van der Waals surface area contributed by atoms with Crippen molar-refractivity contribution in [2.45, 2.75) is 71.9 Å². The smallest absolute Gasteiger partial charge is 0.256 e. The van der Waals surface area contributed by atoms with Gasteiger partial charge in [-0.15, -0.1) is 0 Å². The highest BCUT2D eigenvalue weighted by atomic mass is 19.4. The van der Waals surface area contributed by atoms with Crippen LogP contribution in [0.4, 0.5) is 13.2 Å². The van der Waals surface area contributed by atoms with Crippen LogP contribution in [0, 0.1) is 5.41 Å². The maximum absolute atomic E-state index is 13.4. The van der Waals surface area contributed by atoms with Crippen LogP contribution in [-0.2, 0) is 17.3 Å². The van der Waals surface area contributed by atoms with Gasteiger partial charge in [0.15, 0.2) is 0 Å². The van der Waals surface area contributed by atoms with Gasteiger partial charge < -0.3 is 0 Å². The molecule has 0 fully saturated rings. The first-order valence-electron chi connectivity index (χ1n) is 13.4. The van der Waals surface area contributed by atoms with E-state index in [9.17, 15) is 13.2 Å². The van der Waals surface area contributed by atoms with Crippen molar-refractivity contribution in [3.8, 4) is 11.3 Å². The number of aromatic nitrogens is 2. The molecule has 202 valence electrons. The van der Waals surface area contributed by atoms with Gasteiger partial charge >= 0.3 is 6.18 Å². The Kier molecular flexibility index (Phi) is 6.28. The van der Waals surface area contributed by atoms with Crippen molar-refractivity contribution in [1.29, 1.82) is 0 Å². The third-order valence-electron chi connectivity index (χ3n) is 8.04. The molecule has 0 atom stereocenters. The molecule has 5 heteroatoms. The van der Waals surface area contributed by atoms with Crippen molar-refractivity contribution < 1.29 is 13.2 Å². The lowest BCUT2D eigenvalue weighted by molar-refractivity contribution is -0.211. The summed E-state index contributed by atoms with van der Waals surface area (Å²) in [5.41, 5.74) is 5.65. The van der Waals surface area contributed by atoms with Gasteiger partial charge in [0, 0.05) is 23.4 Å². The van der Waals surface area contributed by atoms with Gasteiger partial charge in [-0.2, -0.15) is 13.2 Å². The third kappa shape index (κ3) is 4.77. The lowest BCUT2D eigenvalue weighted by atomic mass is 9.77. The molecule has 2 aromatic carbocycles. The van der Waals surface area contributed by atoms with E-state index in [1.54, 1.807) is 12.3 Å². The van der Waals surface area contributed by atoms with E-state index in [0.29, 0.717) is 5.56 Å². The standard InChI is InChI=1S/C34H35F3N2/c1-31(2,3)26-18-24(16-22-10-8-9-11-25(22)26)30-29-23(14-15-38-30)17-27(33(29,6)7)28-13-12-21(20-39-28)19-32(4,5)34(35,36)37/h8-18,20H,19H2,1-7H3. The molecule has 0 N–H and O–H groups in total. The van der Waals surface area contributed by atoms with E-state index >= 15 is 0 Å². The minimum Gasteiger partial charge on any atom is -0.256 e. The second-order valence-corrected chi connectivity index (χ2v) is 12.9. The average molecular weight is 529 g/mol. The van der Waals surface area contributed by atoms with E-state index in [0.717, 1.165) is 33.7 Å². The van der Waals surface area contributed by atoms with Crippen LogP contribution in [0.1, 0.15) is 76.4 Å². The summed E-state index contributed by atoms with van der Waals surface area (Å²) < 4.78 is 40.2. The summed E-state index contributed by atoms with van der Waals surface area (Å²) >= 11 is 0. The molecule has 5 rings (SSSR count). The van der Waals surface area contributed by atoms with Crippen molar-refractivity contribution in [2.75, 3.05) is 0 Å². The quantitative estimate of drug-likeness (QED) is 0.264.